The molecule has 0 fully saturated rings. The minimum atomic E-state index is -0.823. The van der Waals surface area contributed by atoms with Crippen molar-refractivity contribution in [3.05, 3.63) is 6.04 Å². The Labute approximate surface area is 79.0 Å². The first-order chi connectivity index (χ1) is 4.12. The molecule has 0 aromatic heterocycles. The zero-order chi connectivity index (χ0) is 7.33. The number of rotatable bonds is 4. The summed E-state index contributed by atoms with van der Waals surface area (Å²) in [5, 5.41) is 0. The fourth-order valence-corrected chi connectivity index (χ4v) is 2.04. The molecule has 56 valence electrons. The molecule has 0 unspecified atom stereocenters. The van der Waals surface area contributed by atoms with Crippen LogP contribution in [0.15, 0.2) is 0 Å². The maximum atomic E-state index is 2.56. The van der Waals surface area contributed by atoms with E-state index in [4.69, 9.17) is 0 Å². The number of hydrogen-bond acceptors (Lipinski definition) is 0. The van der Waals surface area contributed by atoms with Gasteiger partial charge in [-0.1, -0.05) is 47.5 Å². The average molecular weight is 150 g/mol. The average Bonchev–Trinajstić information content (AvgIpc) is 1.84. The van der Waals surface area contributed by atoms with E-state index in [1.165, 1.54) is 18.9 Å². The van der Waals surface area contributed by atoms with Gasteiger partial charge in [-0.15, -0.1) is 0 Å². The molecule has 0 amide bonds. The topological polar surface area (TPSA) is 0 Å². The first kappa shape index (κ1) is 13.4. The predicted molar refractivity (Wildman–Crippen MR) is 47.2 cm³/mol. The monoisotopic (exact) mass is 150 g/mol. The van der Waals surface area contributed by atoms with Crippen LogP contribution in [-0.4, -0.2) is 8.07 Å². The van der Waals surface area contributed by atoms with Gasteiger partial charge in [-0.3, -0.25) is 0 Å². The molecule has 0 aromatic rings. The van der Waals surface area contributed by atoms with Crippen LogP contribution in [0.5, 0.6) is 0 Å². The van der Waals surface area contributed by atoms with Gasteiger partial charge in [-0.2, -0.15) is 6.42 Å². The molecule has 0 aromatic carbocycles. The van der Waals surface area contributed by atoms with Crippen molar-refractivity contribution in [2.24, 2.45) is 0 Å². The fourth-order valence-electron chi connectivity index (χ4n) is 0.679. The zero-order valence-electron chi connectivity index (χ0n) is 8.20. The molecule has 2 heteroatoms. The Hall–Kier alpha value is 0.814. The molecular weight excluding hydrogens is 131 g/mol. The van der Waals surface area contributed by atoms with E-state index in [0.717, 1.165) is 0 Å². The smallest absolute Gasteiger partial charge is 0.327 e. The van der Waals surface area contributed by atoms with Gasteiger partial charge in [0.2, 0.25) is 0 Å². The minimum absolute atomic E-state index is 0. The van der Waals surface area contributed by atoms with Crippen molar-refractivity contribution in [3.8, 4) is 0 Å². The fraction of sp³-hybridized carbons (Fsp3) is 0.875. The molecule has 0 spiro atoms. The van der Waals surface area contributed by atoms with Crippen LogP contribution in [0.2, 0.25) is 19.1 Å². The van der Waals surface area contributed by atoms with Crippen LogP contribution in [0.25, 0.3) is 0 Å². The molecule has 0 saturated heterocycles. The van der Waals surface area contributed by atoms with Gasteiger partial charge in [0.05, 0.1) is 0 Å². The number of unbranched alkanes of at least 4 members (excludes halogenated alkanes) is 1. The molecule has 0 radical (unpaired) electrons. The van der Waals surface area contributed by atoms with E-state index in [9.17, 15) is 0 Å². The predicted octanol–water partition coefficient (Wildman–Crippen LogP) is 0.262. The Kier molecular flexibility index (Phi) is 8.74. The largest absolute Gasteiger partial charge is 1.00 e. The van der Waals surface area contributed by atoms with Gasteiger partial charge in [0, 0.05) is 0 Å². The summed E-state index contributed by atoms with van der Waals surface area (Å²) in [5.74, 6) is 0. The van der Waals surface area contributed by atoms with E-state index >= 15 is 0 Å². The molecule has 10 heavy (non-hydrogen) atoms. The van der Waals surface area contributed by atoms with Gasteiger partial charge >= 0.3 is 18.9 Å². The SMILES string of the molecule is CCC[CH-][Si](C)(C)CC.[Li+]. The van der Waals surface area contributed by atoms with Gasteiger partial charge in [0.1, 0.15) is 0 Å². The van der Waals surface area contributed by atoms with E-state index in [1.54, 1.807) is 0 Å². The van der Waals surface area contributed by atoms with Crippen molar-refractivity contribution in [1.29, 1.82) is 0 Å². The number of hydrogen-bond donors (Lipinski definition) is 0. The van der Waals surface area contributed by atoms with Crippen LogP contribution in [0.3, 0.4) is 0 Å². The second-order valence-corrected chi connectivity index (χ2v) is 8.43. The van der Waals surface area contributed by atoms with Crippen LogP contribution in [0, 0.1) is 6.04 Å². The van der Waals surface area contributed by atoms with E-state index in [-0.39, 0.29) is 18.9 Å². The first-order valence-corrected chi connectivity index (χ1v) is 7.25. The molecule has 0 saturated carbocycles. The molecule has 0 aliphatic rings. The Bertz CT molecular complexity index is 71.7. The molecule has 0 atom stereocenters. The molecule has 0 aliphatic carbocycles. The molecule has 0 aliphatic heterocycles. The standard InChI is InChI=1S/C8H19Si.Li/c1-5-7-8-9(3,4)6-2;/h8H,5-7H2,1-4H3;/q-1;+1. The molecule has 0 N–H and O–H groups in total. The van der Waals surface area contributed by atoms with Crippen molar-refractivity contribution < 1.29 is 18.9 Å². The van der Waals surface area contributed by atoms with E-state index in [2.05, 4.69) is 33.0 Å². The van der Waals surface area contributed by atoms with E-state index in [0.29, 0.717) is 0 Å². The molecule has 0 bridgehead atoms. The van der Waals surface area contributed by atoms with Gasteiger partial charge in [0.25, 0.3) is 0 Å². The Morgan fingerprint density at radius 1 is 1.20 bits per heavy atom. The normalized spacial score (nSPS) is 10.8. The molecular formula is C8H19LiSi. The zero-order valence-corrected chi connectivity index (χ0v) is 9.20. The minimum Gasteiger partial charge on any atom is -0.327 e. The second-order valence-electron chi connectivity index (χ2n) is 3.33. The van der Waals surface area contributed by atoms with Crippen LogP contribution in [0.1, 0.15) is 26.7 Å². The van der Waals surface area contributed by atoms with Crippen molar-refractivity contribution in [1.82, 2.24) is 0 Å². The van der Waals surface area contributed by atoms with Gasteiger partial charge < -0.3 is 6.04 Å². The first-order valence-electron chi connectivity index (χ1n) is 3.96. The van der Waals surface area contributed by atoms with Gasteiger partial charge in [-0.25, -0.2) is 0 Å². The third kappa shape index (κ3) is 6.93. The summed E-state index contributed by atoms with van der Waals surface area (Å²) in [4.78, 5) is 0. The molecule has 0 rings (SSSR count). The van der Waals surface area contributed by atoms with E-state index in [1.807, 2.05) is 0 Å². The van der Waals surface area contributed by atoms with Gasteiger partial charge in [-0.05, 0) is 0 Å². The van der Waals surface area contributed by atoms with Crippen molar-refractivity contribution in [3.63, 3.8) is 0 Å². The Balaban J connectivity index is 0. The summed E-state index contributed by atoms with van der Waals surface area (Å²) in [6, 6.07) is 3.96. The Morgan fingerprint density at radius 2 is 1.70 bits per heavy atom. The van der Waals surface area contributed by atoms with Crippen LogP contribution >= 0.6 is 0 Å². The summed E-state index contributed by atoms with van der Waals surface area (Å²) in [5.41, 5.74) is 0. The van der Waals surface area contributed by atoms with Crippen molar-refractivity contribution in [2.45, 2.75) is 45.8 Å². The van der Waals surface area contributed by atoms with Crippen LogP contribution in [0.4, 0.5) is 0 Å². The van der Waals surface area contributed by atoms with Crippen LogP contribution < -0.4 is 18.9 Å². The summed E-state index contributed by atoms with van der Waals surface area (Å²) in [7, 11) is -0.823. The van der Waals surface area contributed by atoms with Crippen molar-refractivity contribution in [2.75, 3.05) is 0 Å². The van der Waals surface area contributed by atoms with E-state index < -0.39 is 8.07 Å². The third-order valence-electron chi connectivity index (χ3n) is 1.90. The summed E-state index contributed by atoms with van der Waals surface area (Å²) >= 11 is 0. The quantitative estimate of drug-likeness (QED) is 0.398. The summed E-state index contributed by atoms with van der Waals surface area (Å²) in [6.07, 6.45) is 2.64. The third-order valence-corrected chi connectivity index (χ3v) is 5.11. The Morgan fingerprint density at radius 3 is 2.00 bits per heavy atom. The van der Waals surface area contributed by atoms with Crippen molar-refractivity contribution >= 4 is 8.07 Å². The summed E-state index contributed by atoms with van der Waals surface area (Å²) < 4.78 is 0. The maximum Gasteiger partial charge on any atom is 1.00 e. The van der Waals surface area contributed by atoms with Gasteiger partial charge in [0.15, 0.2) is 0 Å². The maximum absolute atomic E-state index is 2.56. The molecule has 0 nitrogen and oxygen atoms in total. The second kappa shape index (κ2) is 6.52. The molecule has 0 heterocycles. The van der Waals surface area contributed by atoms with Crippen LogP contribution in [-0.2, 0) is 0 Å². The summed E-state index contributed by atoms with van der Waals surface area (Å²) in [6.45, 7) is 9.42.